The van der Waals surface area contributed by atoms with Crippen molar-refractivity contribution in [2.45, 2.75) is 22.7 Å². The van der Waals surface area contributed by atoms with Crippen LogP contribution in [-0.2, 0) is 10.3 Å². The molecule has 0 aliphatic carbocycles. The minimum atomic E-state index is -1.39. The molecule has 0 aromatic heterocycles. The van der Waals surface area contributed by atoms with E-state index in [0.717, 1.165) is 11.1 Å². The van der Waals surface area contributed by atoms with Crippen LogP contribution in [0.2, 0.25) is 0 Å². The third-order valence-corrected chi connectivity index (χ3v) is 2.95. The fourth-order valence-electron chi connectivity index (χ4n) is 1.78. The fraction of sp³-hybridized carbons (Fsp3) is 0.455. The number of hydrogen-bond acceptors (Lipinski definition) is 1. The lowest BCUT2D eigenvalue weighted by molar-refractivity contribution is 0.294. The normalized spacial score (nSPS) is 24.6. The van der Waals surface area contributed by atoms with E-state index < -0.39 is 9.39 Å². The van der Waals surface area contributed by atoms with Crippen molar-refractivity contribution in [2.75, 3.05) is 6.61 Å². The summed E-state index contributed by atoms with van der Waals surface area (Å²) in [5, 5.41) is 0. The highest BCUT2D eigenvalue weighted by Gasteiger charge is 2.51. The average Bonchev–Trinajstić information content (AvgIpc) is 2.80. The Morgan fingerprint density at radius 3 is 2.44 bits per heavy atom. The molecule has 0 spiro atoms. The Morgan fingerprint density at radius 1 is 1.38 bits per heavy atom. The molecule has 0 bridgehead atoms. The number of benzene rings is 1. The van der Waals surface area contributed by atoms with Crippen molar-refractivity contribution in [1.82, 2.24) is 0 Å². The van der Waals surface area contributed by atoms with Crippen LogP contribution in [0, 0.1) is 12.7 Å². The van der Waals surface area contributed by atoms with Gasteiger partial charge in [0.15, 0.2) is 3.79 Å². The smallest absolute Gasteiger partial charge is 0.193 e. The first-order valence-electron chi connectivity index (χ1n) is 4.79. The van der Waals surface area contributed by atoms with Crippen molar-refractivity contribution >= 4 is 34.8 Å². The Morgan fingerprint density at radius 2 is 2.00 bits per heavy atom. The molecule has 0 radical (unpaired) electrons. The number of rotatable bonds is 2. The van der Waals surface area contributed by atoms with Gasteiger partial charge in [-0.15, -0.1) is 0 Å². The number of ether oxygens (including phenoxy) is 1. The van der Waals surface area contributed by atoms with E-state index in [1.165, 1.54) is 12.1 Å². The fourth-order valence-corrected chi connectivity index (χ4v) is 2.43. The maximum atomic E-state index is 13.3. The van der Waals surface area contributed by atoms with E-state index in [9.17, 15) is 4.39 Å². The van der Waals surface area contributed by atoms with Crippen LogP contribution in [0.4, 0.5) is 4.39 Å². The average molecular weight is 284 g/mol. The summed E-state index contributed by atoms with van der Waals surface area (Å²) >= 11 is 17.2. The Hall–Kier alpha value is -0.0200. The van der Waals surface area contributed by atoms with Gasteiger partial charge in [0.25, 0.3) is 0 Å². The SMILES string of the molecule is Cc1cc(F)cc(C2(CC(Cl)(Cl)Cl)CO2)c1. The van der Waals surface area contributed by atoms with Crippen LogP contribution in [-0.4, -0.2) is 10.4 Å². The van der Waals surface area contributed by atoms with E-state index in [-0.39, 0.29) is 12.2 Å². The molecule has 1 saturated heterocycles. The molecule has 0 amide bonds. The number of aryl methyl sites for hydroxylation is 1. The van der Waals surface area contributed by atoms with Gasteiger partial charge in [0.05, 0.1) is 6.61 Å². The first kappa shape index (κ1) is 12.4. The molecule has 1 aliphatic rings. The third-order valence-electron chi connectivity index (χ3n) is 2.55. The molecule has 1 aromatic carbocycles. The molecular formula is C11H10Cl3FO. The summed E-state index contributed by atoms with van der Waals surface area (Å²) in [6, 6.07) is 4.73. The van der Waals surface area contributed by atoms with Crippen molar-refractivity contribution in [1.29, 1.82) is 0 Å². The minimum absolute atomic E-state index is 0.230. The van der Waals surface area contributed by atoms with Crippen LogP contribution in [0.1, 0.15) is 17.5 Å². The molecular weight excluding hydrogens is 273 g/mol. The zero-order chi connectivity index (χ0) is 12.0. The van der Waals surface area contributed by atoms with E-state index in [2.05, 4.69) is 0 Å². The van der Waals surface area contributed by atoms with Gasteiger partial charge in [0, 0.05) is 6.42 Å². The van der Waals surface area contributed by atoms with Gasteiger partial charge in [-0.3, -0.25) is 0 Å². The molecule has 2 rings (SSSR count). The lowest BCUT2D eigenvalue weighted by Crippen LogP contribution is -2.18. The Balaban J connectivity index is 2.30. The predicted octanol–water partition coefficient (Wildman–Crippen LogP) is 4.12. The minimum Gasteiger partial charge on any atom is -0.364 e. The molecule has 0 saturated carbocycles. The highest BCUT2D eigenvalue weighted by atomic mass is 35.6. The van der Waals surface area contributed by atoms with Crippen LogP contribution in [0.25, 0.3) is 0 Å². The summed E-state index contributed by atoms with van der Waals surface area (Å²) in [6.07, 6.45) is 0.230. The van der Waals surface area contributed by atoms with Crippen molar-refractivity contribution in [3.8, 4) is 0 Å². The van der Waals surface area contributed by atoms with Crippen molar-refractivity contribution in [3.63, 3.8) is 0 Å². The van der Waals surface area contributed by atoms with Gasteiger partial charge >= 0.3 is 0 Å². The van der Waals surface area contributed by atoms with Gasteiger partial charge in [-0.05, 0) is 30.2 Å². The molecule has 1 aromatic rings. The molecule has 1 atom stereocenters. The van der Waals surface area contributed by atoms with Crippen LogP contribution in [0.5, 0.6) is 0 Å². The summed E-state index contributed by atoms with van der Waals surface area (Å²) in [7, 11) is 0. The van der Waals surface area contributed by atoms with Crippen molar-refractivity contribution in [2.24, 2.45) is 0 Å². The number of halogens is 4. The molecule has 16 heavy (non-hydrogen) atoms. The van der Waals surface area contributed by atoms with Gasteiger partial charge in [-0.2, -0.15) is 0 Å². The molecule has 88 valence electrons. The zero-order valence-corrected chi connectivity index (χ0v) is 10.8. The highest BCUT2D eigenvalue weighted by molar-refractivity contribution is 6.67. The second-order valence-corrected chi connectivity index (χ2v) is 6.61. The summed E-state index contributed by atoms with van der Waals surface area (Å²) in [5.41, 5.74) is 0.934. The summed E-state index contributed by atoms with van der Waals surface area (Å²) in [5.74, 6) is -0.297. The zero-order valence-electron chi connectivity index (χ0n) is 8.57. The lowest BCUT2D eigenvalue weighted by Gasteiger charge is -2.18. The van der Waals surface area contributed by atoms with E-state index in [4.69, 9.17) is 39.5 Å². The van der Waals surface area contributed by atoms with Gasteiger partial charge < -0.3 is 4.74 Å². The van der Waals surface area contributed by atoms with Crippen LogP contribution in [0.3, 0.4) is 0 Å². The lowest BCUT2D eigenvalue weighted by atomic mass is 9.95. The first-order valence-corrected chi connectivity index (χ1v) is 5.93. The number of alkyl halides is 3. The third kappa shape index (κ3) is 2.80. The van der Waals surface area contributed by atoms with Gasteiger partial charge in [-0.1, -0.05) is 40.9 Å². The van der Waals surface area contributed by atoms with E-state index in [1.54, 1.807) is 0 Å². The van der Waals surface area contributed by atoms with Crippen LogP contribution in [0.15, 0.2) is 18.2 Å². The van der Waals surface area contributed by atoms with Gasteiger partial charge in [-0.25, -0.2) is 4.39 Å². The highest BCUT2D eigenvalue weighted by Crippen LogP contribution is 2.49. The molecule has 1 aliphatic heterocycles. The number of epoxide rings is 1. The standard InChI is InChI=1S/C11H10Cl3FO/c1-7-2-8(4-9(15)3-7)10(6-16-10)5-11(12,13)14/h2-4H,5-6H2,1H3. The summed E-state index contributed by atoms with van der Waals surface area (Å²) < 4.78 is 17.2. The van der Waals surface area contributed by atoms with Crippen LogP contribution >= 0.6 is 34.8 Å². The predicted molar refractivity (Wildman–Crippen MR) is 63.7 cm³/mol. The second kappa shape index (κ2) is 4.02. The Labute approximate surface area is 108 Å². The molecule has 1 heterocycles. The largest absolute Gasteiger partial charge is 0.364 e. The van der Waals surface area contributed by atoms with E-state index in [0.29, 0.717) is 6.61 Å². The van der Waals surface area contributed by atoms with E-state index in [1.807, 2.05) is 13.0 Å². The van der Waals surface area contributed by atoms with E-state index >= 15 is 0 Å². The number of hydrogen-bond donors (Lipinski definition) is 0. The van der Waals surface area contributed by atoms with Crippen LogP contribution < -0.4 is 0 Å². The quantitative estimate of drug-likeness (QED) is 0.587. The molecule has 1 fully saturated rings. The van der Waals surface area contributed by atoms with Crippen molar-refractivity contribution < 1.29 is 9.13 Å². The second-order valence-electron chi connectivity index (χ2n) is 4.09. The summed E-state index contributed by atoms with van der Waals surface area (Å²) in [6.45, 7) is 2.28. The maximum Gasteiger partial charge on any atom is 0.193 e. The molecule has 0 N–H and O–H groups in total. The maximum absolute atomic E-state index is 13.3. The Bertz CT molecular complexity index is 390. The molecule has 5 heteroatoms. The molecule has 1 nitrogen and oxygen atoms in total. The van der Waals surface area contributed by atoms with Gasteiger partial charge in [0.1, 0.15) is 11.4 Å². The molecule has 1 unspecified atom stereocenters. The summed E-state index contributed by atoms with van der Waals surface area (Å²) in [4.78, 5) is 0. The Kier molecular flexibility index (Phi) is 3.13. The topological polar surface area (TPSA) is 12.5 Å². The van der Waals surface area contributed by atoms with Crippen molar-refractivity contribution in [3.05, 3.63) is 35.1 Å². The van der Waals surface area contributed by atoms with Gasteiger partial charge in [0.2, 0.25) is 0 Å². The monoisotopic (exact) mass is 282 g/mol. The first-order chi connectivity index (χ1) is 7.31.